The van der Waals surface area contributed by atoms with Crippen molar-refractivity contribution < 1.29 is 24.3 Å². The molecule has 31 heavy (non-hydrogen) atoms. The van der Waals surface area contributed by atoms with Crippen LogP contribution in [0.25, 0.3) is 17.0 Å². The quantitative estimate of drug-likeness (QED) is 0.480. The number of nitrogens with one attached hydrogen (secondary N) is 1. The molecule has 0 spiro atoms. The number of nitrogens with zero attached hydrogens (tertiary/aromatic N) is 2. The lowest BCUT2D eigenvalue weighted by Crippen LogP contribution is -2.54. The average molecular weight is 438 g/mol. The number of aromatic nitrogens is 1. The number of amides is 4. The molecule has 0 aliphatic carbocycles. The predicted molar refractivity (Wildman–Crippen MR) is 115 cm³/mol. The van der Waals surface area contributed by atoms with E-state index in [1.807, 2.05) is 0 Å². The minimum Gasteiger partial charge on any atom is -0.480 e. The maximum Gasteiger partial charge on any atom is 0.335 e. The highest BCUT2D eigenvalue weighted by molar-refractivity contribution is 6.39. The van der Waals surface area contributed by atoms with Crippen molar-refractivity contribution in [2.45, 2.75) is 13.5 Å². The summed E-state index contributed by atoms with van der Waals surface area (Å²) in [5, 5.41) is 12.4. The second kappa shape index (κ2) is 7.73. The normalized spacial score (nSPS) is 15.6. The molecule has 0 saturated carbocycles. The Morgan fingerprint density at radius 1 is 1.16 bits per heavy atom. The Morgan fingerprint density at radius 2 is 1.90 bits per heavy atom. The topological polar surface area (TPSA) is 109 Å². The van der Waals surface area contributed by atoms with Crippen LogP contribution in [0.2, 0.25) is 5.02 Å². The molecular weight excluding hydrogens is 422 g/mol. The van der Waals surface area contributed by atoms with Crippen LogP contribution in [0.1, 0.15) is 11.1 Å². The van der Waals surface area contributed by atoms with Crippen LogP contribution in [0, 0.1) is 6.92 Å². The van der Waals surface area contributed by atoms with Gasteiger partial charge in [0.05, 0.1) is 5.69 Å². The summed E-state index contributed by atoms with van der Waals surface area (Å²) in [6, 6.07) is 10.9. The van der Waals surface area contributed by atoms with E-state index in [0.29, 0.717) is 21.5 Å². The summed E-state index contributed by atoms with van der Waals surface area (Å²) >= 11 is 6.13. The number of carbonyl (C=O) groups is 4. The lowest BCUT2D eigenvalue weighted by atomic mass is 10.1. The van der Waals surface area contributed by atoms with E-state index in [-0.39, 0.29) is 17.8 Å². The smallest absolute Gasteiger partial charge is 0.335 e. The first kappa shape index (κ1) is 20.4. The van der Waals surface area contributed by atoms with Crippen LogP contribution >= 0.6 is 11.6 Å². The Bertz CT molecular complexity index is 1310. The van der Waals surface area contributed by atoms with Gasteiger partial charge in [-0.05, 0) is 36.8 Å². The molecule has 1 saturated heterocycles. The van der Waals surface area contributed by atoms with E-state index in [9.17, 15) is 19.2 Å². The molecule has 4 rings (SSSR count). The SMILES string of the molecule is Cc1ccc(N2C(=O)NC(=O)/C(=C/c3cn(CC(=O)O)c4ccccc34)C2=O)cc1Cl. The van der Waals surface area contributed by atoms with Crippen LogP contribution < -0.4 is 10.2 Å². The number of hydrogen-bond donors (Lipinski definition) is 2. The van der Waals surface area contributed by atoms with E-state index in [2.05, 4.69) is 5.32 Å². The number of carbonyl (C=O) groups excluding carboxylic acids is 3. The molecule has 0 atom stereocenters. The van der Waals surface area contributed by atoms with Crippen molar-refractivity contribution in [3.8, 4) is 0 Å². The number of benzene rings is 2. The summed E-state index contributed by atoms with van der Waals surface area (Å²) < 4.78 is 1.51. The molecule has 156 valence electrons. The summed E-state index contributed by atoms with van der Waals surface area (Å²) in [4.78, 5) is 50.0. The summed E-state index contributed by atoms with van der Waals surface area (Å²) in [5.41, 5.74) is 1.86. The van der Waals surface area contributed by atoms with Crippen LogP contribution in [-0.2, 0) is 20.9 Å². The number of para-hydroxylation sites is 1. The number of urea groups is 1. The van der Waals surface area contributed by atoms with Crippen LogP contribution in [0.3, 0.4) is 0 Å². The molecule has 1 aliphatic heterocycles. The van der Waals surface area contributed by atoms with Gasteiger partial charge >= 0.3 is 12.0 Å². The van der Waals surface area contributed by atoms with Crippen molar-refractivity contribution in [2.24, 2.45) is 0 Å². The zero-order valence-corrected chi connectivity index (χ0v) is 17.0. The van der Waals surface area contributed by atoms with Gasteiger partial charge in [0.2, 0.25) is 0 Å². The molecule has 9 heteroatoms. The molecule has 2 aromatic carbocycles. The number of anilines is 1. The van der Waals surface area contributed by atoms with E-state index >= 15 is 0 Å². The Morgan fingerprint density at radius 3 is 2.61 bits per heavy atom. The zero-order chi connectivity index (χ0) is 22.3. The third-order valence-corrected chi connectivity index (χ3v) is 5.35. The second-order valence-electron chi connectivity index (χ2n) is 7.01. The van der Waals surface area contributed by atoms with Gasteiger partial charge in [0.25, 0.3) is 11.8 Å². The van der Waals surface area contributed by atoms with E-state index in [1.165, 1.54) is 16.7 Å². The van der Waals surface area contributed by atoms with E-state index in [1.54, 1.807) is 49.5 Å². The van der Waals surface area contributed by atoms with Crippen molar-refractivity contribution in [1.29, 1.82) is 0 Å². The molecule has 0 unspecified atom stereocenters. The van der Waals surface area contributed by atoms with Crippen LogP contribution in [0.5, 0.6) is 0 Å². The van der Waals surface area contributed by atoms with Gasteiger partial charge in [-0.15, -0.1) is 0 Å². The lowest BCUT2D eigenvalue weighted by molar-refractivity contribution is -0.137. The maximum absolute atomic E-state index is 13.1. The highest BCUT2D eigenvalue weighted by Gasteiger charge is 2.37. The van der Waals surface area contributed by atoms with Crippen molar-refractivity contribution >= 4 is 58.1 Å². The summed E-state index contributed by atoms with van der Waals surface area (Å²) in [7, 11) is 0. The Labute approximate surface area is 181 Å². The zero-order valence-electron chi connectivity index (χ0n) is 16.3. The third kappa shape index (κ3) is 3.69. The van der Waals surface area contributed by atoms with Crippen LogP contribution in [0.15, 0.2) is 54.2 Å². The second-order valence-corrected chi connectivity index (χ2v) is 7.42. The van der Waals surface area contributed by atoms with Gasteiger partial charge in [0.1, 0.15) is 12.1 Å². The first-order valence-corrected chi connectivity index (χ1v) is 9.61. The molecule has 3 aromatic rings. The number of aryl methyl sites for hydroxylation is 1. The number of rotatable bonds is 4. The highest BCUT2D eigenvalue weighted by atomic mass is 35.5. The van der Waals surface area contributed by atoms with Gasteiger partial charge in [-0.3, -0.25) is 19.7 Å². The molecule has 8 nitrogen and oxygen atoms in total. The molecule has 2 heterocycles. The van der Waals surface area contributed by atoms with Gasteiger partial charge < -0.3 is 9.67 Å². The summed E-state index contributed by atoms with van der Waals surface area (Å²) in [6.07, 6.45) is 2.91. The van der Waals surface area contributed by atoms with Gasteiger partial charge in [-0.1, -0.05) is 35.9 Å². The predicted octanol–water partition coefficient (Wildman–Crippen LogP) is 3.35. The number of carboxylic acid groups (broad SMARTS) is 1. The fraction of sp³-hybridized carbons (Fsp3) is 0.0909. The maximum atomic E-state index is 13.1. The van der Waals surface area contributed by atoms with Crippen LogP contribution in [-0.4, -0.2) is 33.5 Å². The first-order chi connectivity index (χ1) is 14.8. The average Bonchev–Trinajstić information content (AvgIpc) is 3.04. The summed E-state index contributed by atoms with van der Waals surface area (Å²) in [5.74, 6) is -2.66. The number of fused-ring (bicyclic) bond motifs is 1. The van der Waals surface area contributed by atoms with Gasteiger partial charge in [-0.25, -0.2) is 9.69 Å². The number of halogens is 1. The number of carboxylic acids is 1. The molecule has 1 fully saturated rings. The first-order valence-electron chi connectivity index (χ1n) is 9.23. The molecule has 0 bridgehead atoms. The molecular formula is C22H16ClN3O5. The van der Waals surface area contributed by atoms with Gasteiger partial charge in [-0.2, -0.15) is 0 Å². The Kier molecular flexibility index (Phi) is 5.08. The van der Waals surface area contributed by atoms with E-state index in [0.717, 1.165) is 10.5 Å². The minimum atomic E-state index is -1.03. The number of imide groups is 2. The van der Waals surface area contributed by atoms with Crippen molar-refractivity contribution in [3.63, 3.8) is 0 Å². The fourth-order valence-electron chi connectivity index (χ4n) is 3.44. The van der Waals surface area contributed by atoms with Crippen molar-refractivity contribution in [3.05, 3.63) is 70.4 Å². The number of hydrogen-bond acceptors (Lipinski definition) is 4. The van der Waals surface area contributed by atoms with Gasteiger partial charge in [0.15, 0.2) is 0 Å². The molecule has 1 aromatic heterocycles. The molecule has 2 N–H and O–H groups in total. The van der Waals surface area contributed by atoms with Crippen molar-refractivity contribution in [1.82, 2.24) is 9.88 Å². The lowest BCUT2D eigenvalue weighted by Gasteiger charge is -2.26. The van der Waals surface area contributed by atoms with E-state index in [4.69, 9.17) is 16.7 Å². The highest BCUT2D eigenvalue weighted by Crippen LogP contribution is 2.28. The van der Waals surface area contributed by atoms with Crippen molar-refractivity contribution in [2.75, 3.05) is 4.90 Å². The molecule has 1 aliphatic rings. The van der Waals surface area contributed by atoms with E-state index < -0.39 is 23.8 Å². The minimum absolute atomic E-state index is 0.227. The third-order valence-electron chi connectivity index (χ3n) is 4.94. The van der Waals surface area contributed by atoms with Gasteiger partial charge in [0, 0.05) is 27.7 Å². The Balaban J connectivity index is 1.81. The fourth-order valence-corrected chi connectivity index (χ4v) is 3.61. The number of barbiturate groups is 1. The summed E-state index contributed by atoms with van der Waals surface area (Å²) in [6.45, 7) is 1.50. The monoisotopic (exact) mass is 437 g/mol. The Hall–Kier alpha value is -3.91. The van der Waals surface area contributed by atoms with Crippen LogP contribution in [0.4, 0.5) is 10.5 Å². The molecule has 4 amide bonds. The largest absolute Gasteiger partial charge is 0.480 e. The molecule has 0 radical (unpaired) electrons. The standard InChI is InChI=1S/C22H16ClN3O5/c1-12-6-7-14(9-17(12)23)26-21(30)16(20(29)24-22(26)31)8-13-10-25(11-19(27)28)18-5-3-2-4-15(13)18/h2-10H,11H2,1H3,(H,27,28)(H,24,29,31)/b16-8-. The number of aliphatic carboxylic acids is 1.